The minimum absolute atomic E-state index is 0.0566. The van der Waals surface area contributed by atoms with E-state index in [1.807, 2.05) is 6.92 Å². The lowest BCUT2D eigenvalue weighted by atomic mass is 9.87. The van der Waals surface area contributed by atoms with E-state index in [1.54, 1.807) is 6.20 Å². The zero-order chi connectivity index (χ0) is 26.2. The van der Waals surface area contributed by atoms with Crippen molar-refractivity contribution in [3.05, 3.63) is 58.1 Å². The Bertz CT molecular complexity index is 1640. The molecule has 4 heterocycles. The van der Waals surface area contributed by atoms with Gasteiger partial charge in [-0.2, -0.15) is 0 Å². The van der Waals surface area contributed by atoms with E-state index in [0.29, 0.717) is 46.9 Å². The number of hydrogen-bond donors (Lipinski definition) is 3. The molecule has 1 spiro atoms. The van der Waals surface area contributed by atoms with Crippen LogP contribution >= 0.6 is 11.6 Å². The average Bonchev–Trinajstić information content (AvgIpc) is 3.68. The Balaban J connectivity index is 1.29. The highest BCUT2D eigenvalue weighted by Crippen LogP contribution is 2.52. The van der Waals surface area contributed by atoms with Gasteiger partial charge in [-0.05, 0) is 55.6 Å². The van der Waals surface area contributed by atoms with Gasteiger partial charge in [-0.15, -0.1) is 0 Å². The summed E-state index contributed by atoms with van der Waals surface area (Å²) in [7, 11) is 2.17. The topological polar surface area (TPSA) is 101 Å². The number of rotatable bonds is 3. The molecule has 4 N–H and O–H groups in total. The molecule has 7 rings (SSSR count). The Morgan fingerprint density at radius 2 is 2.08 bits per heavy atom. The number of benzene rings is 2. The van der Waals surface area contributed by atoms with Gasteiger partial charge >= 0.3 is 0 Å². The Morgan fingerprint density at radius 3 is 2.89 bits per heavy atom. The SMILES string of the molecule is Cc1c(-c2c(F)c(N)c3cnc(Nc4ccc5c(c4)CN(C)CC54CC4)nc3c2Cl)cnc2c1NCCO2. The van der Waals surface area contributed by atoms with Gasteiger partial charge in [0.15, 0.2) is 5.82 Å². The molecule has 4 aromatic rings. The molecular formula is C28H27ClFN7O. The maximum atomic E-state index is 15.6. The first-order valence-corrected chi connectivity index (χ1v) is 13.1. The first-order valence-electron chi connectivity index (χ1n) is 12.7. The molecule has 0 amide bonds. The minimum atomic E-state index is -0.624. The van der Waals surface area contributed by atoms with Crippen LogP contribution in [0.25, 0.3) is 22.0 Å². The molecule has 0 bridgehead atoms. The van der Waals surface area contributed by atoms with Gasteiger partial charge in [-0.1, -0.05) is 17.7 Å². The highest BCUT2D eigenvalue weighted by Gasteiger charge is 2.48. The van der Waals surface area contributed by atoms with Crippen molar-refractivity contribution in [3.63, 3.8) is 0 Å². The Morgan fingerprint density at radius 1 is 1.24 bits per heavy atom. The van der Waals surface area contributed by atoms with Crippen LogP contribution in [0.2, 0.25) is 5.02 Å². The van der Waals surface area contributed by atoms with Crippen molar-refractivity contribution in [2.24, 2.45) is 0 Å². The summed E-state index contributed by atoms with van der Waals surface area (Å²) in [5.41, 5.74) is 12.7. The molecule has 10 heteroatoms. The van der Waals surface area contributed by atoms with Gasteiger partial charge in [0.2, 0.25) is 11.8 Å². The van der Waals surface area contributed by atoms with E-state index < -0.39 is 5.82 Å². The van der Waals surface area contributed by atoms with Crippen molar-refractivity contribution < 1.29 is 9.13 Å². The Labute approximate surface area is 224 Å². The van der Waals surface area contributed by atoms with E-state index >= 15 is 4.39 Å². The third-order valence-corrected chi connectivity index (χ3v) is 8.35. The first kappa shape index (κ1) is 23.4. The lowest BCUT2D eigenvalue weighted by Crippen LogP contribution is -2.35. The fraction of sp³-hybridized carbons (Fsp3) is 0.321. The smallest absolute Gasteiger partial charge is 0.237 e. The molecule has 8 nitrogen and oxygen atoms in total. The molecular weight excluding hydrogens is 505 g/mol. The second-order valence-corrected chi connectivity index (χ2v) is 11.0. The average molecular weight is 532 g/mol. The van der Waals surface area contributed by atoms with Crippen LogP contribution < -0.4 is 21.1 Å². The van der Waals surface area contributed by atoms with Gasteiger partial charge in [0.05, 0.1) is 16.2 Å². The number of halogens is 2. The minimum Gasteiger partial charge on any atom is -0.474 e. The standard InChI is InChI=1S/C28H27ClFN7O/c1-14-17(10-33-26-24(14)32-7-8-38-26)20-21(29)25-18(23(31)22(20)30)11-34-27(36-25)35-16-3-4-19-15(9-16)12-37(2)13-28(19)5-6-28/h3-4,9-11,32H,5-8,12-13,31H2,1-2H3,(H,34,35,36). The molecule has 0 saturated heterocycles. The molecule has 38 heavy (non-hydrogen) atoms. The summed E-state index contributed by atoms with van der Waals surface area (Å²) in [4.78, 5) is 15.8. The summed E-state index contributed by atoms with van der Waals surface area (Å²) in [5.74, 6) is 0.221. The highest BCUT2D eigenvalue weighted by molar-refractivity contribution is 6.38. The van der Waals surface area contributed by atoms with Gasteiger partial charge in [0, 0.05) is 59.6 Å². The van der Waals surface area contributed by atoms with Gasteiger partial charge in [0.1, 0.15) is 12.3 Å². The number of likely N-dealkylation sites (N-methyl/N-ethyl adjacent to an activating group) is 1. The third kappa shape index (κ3) is 3.56. The van der Waals surface area contributed by atoms with E-state index in [9.17, 15) is 0 Å². The van der Waals surface area contributed by atoms with Crippen LogP contribution in [0.3, 0.4) is 0 Å². The van der Waals surface area contributed by atoms with Crippen LogP contribution in [0.5, 0.6) is 5.88 Å². The monoisotopic (exact) mass is 531 g/mol. The second-order valence-electron chi connectivity index (χ2n) is 10.6. The van der Waals surface area contributed by atoms with Gasteiger partial charge < -0.3 is 26.0 Å². The summed E-state index contributed by atoms with van der Waals surface area (Å²) >= 11 is 6.83. The number of nitrogens with zero attached hydrogens (tertiary/aromatic N) is 4. The van der Waals surface area contributed by atoms with Gasteiger partial charge in [0.25, 0.3) is 0 Å². The van der Waals surface area contributed by atoms with Crippen LogP contribution in [0.15, 0.2) is 30.6 Å². The third-order valence-electron chi connectivity index (χ3n) is 7.98. The summed E-state index contributed by atoms with van der Waals surface area (Å²) in [6.07, 6.45) is 5.56. The number of nitrogens with two attached hydrogens (primary N) is 1. The van der Waals surface area contributed by atoms with E-state index in [4.69, 9.17) is 22.1 Å². The zero-order valence-electron chi connectivity index (χ0n) is 21.2. The van der Waals surface area contributed by atoms with E-state index in [2.05, 4.69) is 55.7 Å². The molecule has 1 fully saturated rings. The lowest BCUT2D eigenvalue weighted by Gasteiger charge is -2.32. The van der Waals surface area contributed by atoms with Crippen LogP contribution in [-0.2, 0) is 12.0 Å². The summed E-state index contributed by atoms with van der Waals surface area (Å²) in [5, 5.41) is 7.10. The van der Waals surface area contributed by atoms with Crippen molar-refractivity contribution in [2.75, 3.05) is 43.1 Å². The molecule has 2 aromatic carbocycles. The maximum Gasteiger partial charge on any atom is 0.237 e. The predicted octanol–water partition coefficient (Wildman–Crippen LogP) is 5.40. The van der Waals surface area contributed by atoms with Crippen molar-refractivity contribution in [3.8, 4) is 17.0 Å². The normalized spacial score (nSPS) is 17.5. The quantitative estimate of drug-likeness (QED) is 0.302. The fourth-order valence-corrected chi connectivity index (χ4v) is 6.29. The molecule has 0 atom stereocenters. The first-order chi connectivity index (χ1) is 18.3. The number of ether oxygens (including phenoxy) is 1. The van der Waals surface area contributed by atoms with Crippen molar-refractivity contribution in [1.29, 1.82) is 0 Å². The van der Waals surface area contributed by atoms with Crippen molar-refractivity contribution >= 4 is 45.5 Å². The van der Waals surface area contributed by atoms with E-state index in [-0.39, 0.29) is 16.3 Å². The van der Waals surface area contributed by atoms with Gasteiger partial charge in [-0.25, -0.2) is 19.3 Å². The number of nitrogens with one attached hydrogen (secondary N) is 2. The van der Waals surface area contributed by atoms with E-state index in [0.717, 1.165) is 30.0 Å². The highest BCUT2D eigenvalue weighted by atomic mass is 35.5. The van der Waals surface area contributed by atoms with Crippen LogP contribution in [0, 0.1) is 12.7 Å². The number of pyridine rings is 1. The molecule has 1 saturated carbocycles. The van der Waals surface area contributed by atoms with Crippen LogP contribution in [-0.4, -0.2) is 46.6 Å². The van der Waals surface area contributed by atoms with Gasteiger partial charge in [-0.3, -0.25) is 0 Å². The largest absolute Gasteiger partial charge is 0.474 e. The van der Waals surface area contributed by atoms with Crippen molar-refractivity contribution in [1.82, 2.24) is 19.9 Å². The summed E-state index contributed by atoms with van der Waals surface area (Å²) in [6.45, 7) is 5.05. The number of anilines is 4. The summed E-state index contributed by atoms with van der Waals surface area (Å²) < 4.78 is 21.3. The molecule has 3 aliphatic rings. The molecule has 194 valence electrons. The number of nitrogen functional groups attached to an aromatic ring is 1. The number of hydrogen-bond acceptors (Lipinski definition) is 8. The molecule has 2 aromatic heterocycles. The van der Waals surface area contributed by atoms with Crippen molar-refractivity contribution in [2.45, 2.75) is 31.7 Å². The predicted molar refractivity (Wildman–Crippen MR) is 148 cm³/mol. The number of fused-ring (bicyclic) bond motifs is 4. The maximum absolute atomic E-state index is 15.6. The summed E-state index contributed by atoms with van der Waals surface area (Å²) in [6, 6.07) is 6.46. The van der Waals surface area contributed by atoms with E-state index in [1.165, 1.54) is 30.2 Å². The molecule has 1 aliphatic carbocycles. The molecule has 2 aliphatic heterocycles. The Kier molecular flexibility index (Phi) is 5.18. The zero-order valence-corrected chi connectivity index (χ0v) is 21.9. The van der Waals surface area contributed by atoms with Crippen LogP contribution in [0.1, 0.15) is 29.5 Å². The lowest BCUT2D eigenvalue weighted by molar-refractivity contribution is 0.271. The Hall–Kier alpha value is -3.69. The van der Waals surface area contributed by atoms with Crippen LogP contribution in [0.4, 0.5) is 27.4 Å². The molecule has 0 radical (unpaired) electrons. The molecule has 0 unspecified atom stereocenters. The fourth-order valence-electron chi connectivity index (χ4n) is 5.96. The number of aromatic nitrogens is 3. The second kappa shape index (κ2) is 8.41.